The summed E-state index contributed by atoms with van der Waals surface area (Å²) in [5.41, 5.74) is 0.953. The Balaban J connectivity index is 2.07. The fraction of sp³-hybridized carbons (Fsp3) is 0.636. The summed E-state index contributed by atoms with van der Waals surface area (Å²) >= 11 is 0. The lowest BCUT2D eigenvalue weighted by molar-refractivity contribution is 0.306. The quantitative estimate of drug-likeness (QED) is 0.597. The molecule has 0 saturated heterocycles. The minimum Gasteiger partial charge on any atom is -0.411 e. The van der Waals surface area contributed by atoms with Gasteiger partial charge in [-0.15, -0.1) is 0 Å². The van der Waals surface area contributed by atoms with Gasteiger partial charge in [0, 0.05) is 24.9 Å². The average molecular weight is 207 g/mol. The Kier molecular flexibility index (Phi) is 3.04. The van der Waals surface area contributed by atoms with Gasteiger partial charge in [-0.05, 0) is 26.2 Å². The first-order valence-electron chi connectivity index (χ1n) is 5.50. The third-order valence-electron chi connectivity index (χ3n) is 3.18. The molecular formula is C11H17N3O. The number of imidazole rings is 1. The van der Waals surface area contributed by atoms with Gasteiger partial charge in [-0.25, -0.2) is 4.98 Å². The van der Waals surface area contributed by atoms with Gasteiger partial charge in [0.05, 0.1) is 5.71 Å². The van der Waals surface area contributed by atoms with Gasteiger partial charge in [-0.1, -0.05) is 11.6 Å². The van der Waals surface area contributed by atoms with Gasteiger partial charge in [0.15, 0.2) is 0 Å². The van der Waals surface area contributed by atoms with Gasteiger partial charge in [0.2, 0.25) is 0 Å². The molecule has 0 spiro atoms. The maximum absolute atomic E-state index is 8.92. The highest BCUT2D eigenvalue weighted by atomic mass is 16.4. The zero-order valence-electron chi connectivity index (χ0n) is 9.06. The molecule has 0 aliphatic heterocycles. The molecule has 0 aromatic carbocycles. The molecule has 0 bridgehead atoms. The predicted molar refractivity (Wildman–Crippen MR) is 58.1 cm³/mol. The summed E-state index contributed by atoms with van der Waals surface area (Å²) in [5.74, 6) is 1.41. The fourth-order valence-corrected chi connectivity index (χ4v) is 2.23. The van der Waals surface area contributed by atoms with Crippen LogP contribution in [0.3, 0.4) is 0 Å². The van der Waals surface area contributed by atoms with E-state index in [-0.39, 0.29) is 0 Å². The monoisotopic (exact) mass is 207 g/mol. The second-order valence-electron chi connectivity index (χ2n) is 4.16. The van der Waals surface area contributed by atoms with Crippen LogP contribution in [0, 0.1) is 12.8 Å². The summed E-state index contributed by atoms with van der Waals surface area (Å²) in [5, 5.41) is 12.3. The molecule has 1 heterocycles. The van der Waals surface area contributed by atoms with Gasteiger partial charge < -0.3 is 9.77 Å². The number of hydrogen-bond donors (Lipinski definition) is 1. The molecule has 1 N–H and O–H groups in total. The van der Waals surface area contributed by atoms with E-state index in [9.17, 15) is 0 Å². The van der Waals surface area contributed by atoms with E-state index in [1.54, 1.807) is 0 Å². The van der Waals surface area contributed by atoms with E-state index in [2.05, 4.69) is 14.7 Å². The van der Waals surface area contributed by atoms with Crippen LogP contribution in [0.1, 0.15) is 31.5 Å². The molecule has 1 saturated carbocycles. The standard InChI is InChI=1S/C11H17N3O/c1-9-12-6-7-14(9)8-10-4-2-3-5-11(10)13-15/h6-7,10,15H,2-5,8H2,1H3/b13-11+. The van der Waals surface area contributed by atoms with Crippen molar-refractivity contribution in [2.75, 3.05) is 0 Å². The van der Waals surface area contributed by atoms with Crippen molar-refractivity contribution in [3.8, 4) is 0 Å². The van der Waals surface area contributed by atoms with Gasteiger partial charge in [0.1, 0.15) is 5.82 Å². The summed E-state index contributed by atoms with van der Waals surface area (Å²) in [7, 11) is 0. The topological polar surface area (TPSA) is 50.4 Å². The molecule has 0 radical (unpaired) electrons. The molecule has 4 heteroatoms. The van der Waals surface area contributed by atoms with Crippen molar-refractivity contribution in [1.29, 1.82) is 0 Å². The van der Waals surface area contributed by atoms with Crippen molar-refractivity contribution < 1.29 is 5.21 Å². The second-order valence-corrected chi connectivity index (χ2v) is 4.16. The molecule has 1 fully saturated rings. The number of aromatic nitrogens is 2. The van der Waals surface area contributed by atoms with E-state index in [1.807, 2.05) is 19.3 Å². The molecule has 2 rings (SSSR count). The lowest BCUT2D eigenvalue weighted by Gasteiger charge is -2.23. The molecule has 0 amide bonds. The van der Waals surface area contributed by atoms with Crippen LogP contribution in [-0.4, -0.2) is 20.5 Å². The smallest absolute Gasteiger partial charge is 0.105 e. The Morgan fingerprint density at radius 3 is 3.13 bits per heavy atom. The van der Waals surface area contributed by atoms with Crippen molar-refractivity contribution >= 4 is 5.71 Å². The van der Waals surface area contributed by atoms with E-state index in [0.717, 1.165) is 37.3 Å². The van der Waals surface area contributed by atoms with Crippen LogP contribution in [-0.2, 0) is 6.54 Å². The van der Waals surface area contributed by atoms with Gasteiger partial charge in [0.25, 0.3) is 0 Å². The molecule has 1 atom stereocenters. The molecule has 1 aliphatic rings. The normalized spacial score (nSPS) is 24.6. The zero-order valence-corrected chi connectivity index (χ0v) is 9.06. The molecule has 1 unspecified atom stereocenters. The molecule has 4 nitrogen and oxygen atoms in total. The highest BCUT2D eigenvalue weighted by Gasteiger charge is 2.21. The Hall–Kier alpha value is -1.32. The van der Waals surface area contributed by atoms with Crippen LogP contribution in [0.25, 0.3) is 0 Å². The SMILES string of the molecule is Cc1nccn1CC1CCCC/C1=N\O. The van der Waals surface area contributed by atoms with Crippen molar-refractivity contribution in [3.63, 3.8) is 0 Å². The van der Waals surface area contributed by atoms with Crippen molar-refractivity contribution in [2.45, 2.75) is 39.2 Å². The first-order valence-corrected chi connectivity index (χ1v) is 5.50. The van der Waals surface area contributed by atoms with E-state index in [0.29, 0.717) is 5.92 Å². The summed E-state index contributed by atoms with van der Waals surface area (Å²) < 4.78 is 2.13. The molecule has 1 aromatic rings. The Labute approximate surface area is 89.6 Å². The Morgan fingerprint density at radius 2 is 2.47 bits per heavy atom. The first-order chi connectivity index (χ1) is 7.31. The Bertz CT molecular complexity index is 356. The fourth-order valence-electron chi connectivity index (χ4n) is 2.23. The minimum atomic E-state index is 0.386. The molecule has 15 heavy (non-hydrogen) atoms. The number of aryl methyl sites for hydroxylation is 1. The first kappa shape index (κ1) is 10.2. The Morgan fingerprint density at radius 1 is 1.60 bits per heavy atom. The van der Waals surface area contributed by atoms with Crippen molar-refractivity contribution in [3.05, 3.63) is 18.2 Å². The summed E-state index contributed by atoms with van der Waals surface area (Å²) in [6.45, 7) is 2.89. The number of nitrogens with zero attached hydrogens (tertiary/aromatic N) is 3. The summed E-state index contributed by atoms with van der Waals surface area (Å²) in [6.07, 6.45) is 8.25. The van der Waals surface area contributed by atoms with Crippen LogP contribution in [0.2, 0.25) is 0 Å². The van der Waals surface area contributed by atoms with Gasteiger partial charge in [-0.2, -0.15) is 0 Å². The van der Waals surface area contributed by atoms with E-state index >= 15 is 0 Å². The van der Waals surface area contributed by atoms with Crippen LogP contribution >= 0.6 is 0 Å². The van der Waals surface area contributed by atoms with Crippen LogP contribution < -0.4 is 0 Å². The van der Waals surface area contributed by atoms with Crippen molar-refractivity contribution in [2.24, 2.45) is 11.1 Å². The maximum Gasteiger partial charge on any atom is 0.105 e. The van der Waals surface area contributed by atoms with Crippen molar-refractivity contribution in [1.82, 2.24) is 9.55 Å². The highest BCUT2D eigenvalue weighted by Crippen LogP contribution is 2.23. The van der Waals surface area contributed by atoms with E-state index in [1.165, 1.54) is 6.42 Å². The van der Waals surface area contributed by atoms with Gasteiger partial charge >= 0.3 is 0 Å². The van der Waals surface area contributed by atoms with Crippen LogP contribution in [0.15, 0.2) is 17.5 Å². The van der Waals surface area contributed by atoms with Crippen LogP contribution in [0.4, 0.5) is 0 Å². The largest absolute Gasteiger partial charge is 0.411 e. The lowest BCUT2D eigenvalue weighted by atomic mass is 9.87. The molecule has 1 aromatic heterocycles. The highest BCUT2D eigenvalue weighted by molar-refractivity contribution is 5.86. The van der Waals surface area contributed by atoms with Crippen LogP contribution in [0.5, 0.6) is 0 Å². The third kappa shape index (κ3) is 2.19. The summed E-state index contributed by atoms with van der Waals surface area (Å²) in [6, 6.07) is 0. The predicted octanol–water partition coefficient (Wildman–Crippen LogP) is 2.21. The maximum atomic E-state index is 8.92. The second kappa shape index (κ2) is 4.47. The van der Waals surface area contributed by atoms with E-state index in [4.69, 9.17) is 5.21 Å². The molecular weight excluding hydrogens is 190 g/mol. The van der Waals surface area contributed by atoms with E-state index < -0.39 is 0 Å². The molecule has 82 valence electrons. The number of oxime groups is 1. The zero-order chi connectivity index (χ0) is 10.7. The number of hydrogen-bond acceptors (Lipinski definition) is 3. The lowest BCUT2D eigenvalue weighted by Crippen LogP contribution is -2.24. The van der Waals surface area contributed by atoms with Gasteiger partial charge in [-0.3, -0.25) is 0 Å². The average Bonchev–Trinajstić information content (AvgIpc) is 2.65. The molecule has 1 aliphatic carbocycles. The number of rotatable bonds is 2. The third-order valence-corrected chi connectivity index (χ3v) is 3.18. The minimum absolute atomic E-state index is 0.386. The summed E-state index contributed by atoms with van der Waals surface area (Å²) in [4.78, 5) is 4.19.